The fourth-order valence-corrected chi connectivity index (χ4v) is 0.861. The van der Waals surface area contributed by atoms with E-state index < -0.39 is 0 Å². The summed E-state index contributed by atoms with van der Waals surface area (Å²) >= 11 is 5.67. The van der Waals surface area contributed by atoms with Gasteiger partial charge >= 0.3 is 51.4 Å². The topological polar surface area (TPSA) is 35.8 Å². The van der Waals surface area contributed by atoms with Crippen LogP contribution >= 0.6 is 11.6 Å². The Morgan fingerprint density at radius 1 is 1.38 bits per heavy atom. The van der Waals surface area contributed by atoms with Crippen LogP contribution in [0.1, 0.15) is 0 Å². The molecule has 62 valence electrons. The molecule has 0 aliphatic carbocycles. The van der Waals surface area contributed by atoms with E-state index in [2.05, 4.69) is 11.9 Å². The maximum absolute atomic E-state index is 8.41. The molecule has 0 radical (unpaired) electrons. The first-order valence-corrected chi connectivity index (χ1v) is 3.72. The predicted molar refractivity (Wildman–Crippen MR) is 57.0 cm³/mol. The van der Waals surface area contributed by atoms with Gasteiger partial charge in [-0.2, -0.15) is 5.26 Å². The SMILES string of the molecule is C=C(C#N)Nc1ccc(Cl)cc1.[KH]. The second-order valence-corrected chi connectivity index (χ2v) is 2.66. The summed E-state index contributed by atoms with van der Waals surface area (Å²) in [4.78, 5) is 0. The van der Waals surface area contributed by atoms with Crippen LogP contribution in [0.5, 0.6) is 0 Å². The van der Waals surface area contributed by atoms with E-state index in [1.165, 1.54) is 0 Å². The molecule has 1 N–H and O–H groups in total. The second kappa shape index (κ2) is 6.60. The van der Waals surface area contributed by atoms with Gasteiger partial charge in [0.2, 0.25) is 0 Å². The quantitative estimate of drug-likeness (QED) is 0.610. The van der Waals surface area contributed by atoms with Crippen LogP contribution in [0.15, 0.2) is 36.5 Å². The standard InChI is InChI=1S/C9H7ClN2.K.H/c1-7(6-11)12-9-4-2-8(10)3-5-9;;/h2-5,12H,1H2;;. The van der Waals surface area contributed by atoms with Crippen LogP contribution in [0, 0.1) is 11.3 Å². The zero-order valence-corrected chi connectivity index (χ0v) is 7.10. The van der Waals surface area contributed by atoms with Gasteiger partial charge in [0.05, 0.1) is 0 Å². The van der Waals surface area contributed by atoms with Crippen molar-refractivity contribution in [3.8, 4) is 6.07 Å². The minimum atomic E-state index is 0. The van der Waals surface area contributed by atoms with Crippen molar-refractivity contribution < 1.29 is 0 Å². The number of halogens is 1. The number of benzene rings is 1. The first kappa shape index (κ1) is 13.2. The summed E-state index contributed by atoms with van der Waals surface area (Å²) < 4.78 is 0. The van der Waals surface area contributed by atoms with Crippen molar-refractivity contribution in [2.45, 2.75) is 0 Å². The molecule has 1 aromatic rings. The van der Waals surface area contributed by atoms with E-state index in [0.717, 1.165) is 5.69 Å². The van der Waals surface area contributed by atoms with Crippen molar-refractivity contribution in [2.24, 2.45) is 0 Å². The summed E-state index contributed by atoms with van der Waals surface area (Å²) in [7, 11) is 0. The minimum absolute atomic E-state index is 0. The molecule has 0 aliphatic rings. The molecule has 0 aromatic heterocycles. The molecule has 0 heterocycles. The van der Waals surface area contributed by atoms with Crippen molar-refractivity contribution in [1.29, 1.82) is 5.26 Å². The van der Waals surface area contributed by atoms with Gasteiger partial charge in [0.1, 0.15) is 11.8 Å². The Bertz CT molecular complexity index is 326. The van der Waals surface area contributed by atoms with Crippen LogP contribution in [-0.4, -0.2) is 51.4 Å². The molecule has 0 spiro atoms. The third-order valence-corrected chi connectivity index (χ3v) is 1.53. The molecule has 2 nitrogen and oxygen atoms in total. The van der Waals surface area contributed by atoms with Crippen molar-refractivity contribution in [3.63, 3.8) is 0 Å². The summed E-state index contributed by atoms with van der Waals surface area (Å²) in [6, 6.07) is 8.94. The number of rotatable bonds is 2. The monoisotopic (exact) mass is 218 g/mol. The van der Waals surface area contributed by atoms with Crippen LogP contribution in [0.2, 0.25) is 5.02 Å². The zero-order chi connectivity index (χ0) is 8.97. The van der Waals surface area contributed by atoms with Gasteiger partial charge in [0.25, 0.3) is 0 Å². The van der Waals surface area contributed by atoms with Gasteiger partial charge in [-0.15, -0.1) is 0 Å². The van der Waals surface area contributed by atoms with E-state index in [1.807, 2.05) is 6.07 Å². The fraction of sp³-hybridized carbons (Fsp3) is 0. The number of nitriles is 1. The number of anilines is 1. The van der Waals surface area contributed by atoms with Crippen molar-refractivity contribution in [2.75, 3.05) is 5.32 Å². The molecule has 1 aromatic carbocycles. The van der Waals surface area contributed by atoms with Crippen LogP contribution in [0.4, 0.5) is 5.69 Å². The summed E-state index contributed by atoms with van der Waals surface area (Å²) in [5.41, 5.74) is 1.13. The average Bonchev–Trinajstić information content (AvgIpc) is 2.09. The molecular formula is C9H8ClKN2. The summed E-state index contributed by atoms with van der Waals surface area (Å²) in [6.45, 7) is 3.49. The average molecular weight is 219 g/mol. The van der Waals surface area contributed by atoms with Crippen LogP contribution in [0.3, 0.4) is 0 Å². The molecule has 0 saturated heterocycles. The molecule has 0 saturated carbocycles. The molecule has 0 aliphatic heterocycles. The third kappa shape index (κ3) is 4.82. The number of hydrogen-bond acceptors (Lipinski definition) is 2. The normalized spacial score (nSPS) is 8.00. The van der Waals surface area contributed by atoms with Crippen molar-refractivity contribution in [1.82, 2.24) is 0 Å². The Morgan fingerprint density at radius 2 is 1.92 bits per heavy atom. The van der Waals surface area contributed by atoms with Gasteiger partial charge in [-0.05, 0) is 24.3 Å². The second-order valence-electron chi connectivity index (χ2n) is 2.22. The first-order chi connectivity index (χ1) is 5.72. The number of nitrogens with one attached hydrogen (secondary N) is 1. The van der Waals surface area contributed by atoms with Crippen molar-refractivity contribution in [3.05, 3.63) is 41.6 Å². The van der Waals surface area contributed by atoms with Crippen LogP contribution in [-0.2, 0) is 0 Å². The molecule has 0 fully saturated rings. The molecular weight excluding hydrogens is 211 g/mol. The molecule has 0 unspecified atom stereocenters. The Kier molecular flexibility index (Phi) is 6.69. The number of hydrogen-bond donors (Lipinski definition) is 1. The predicted octanol–water partition coefficient (Wildman–Crippen LogP) is 2.14. The van der Waals surface area contributed by atoms with E-state index in [-0.39, 0.29) is 51.4 Å². The summed E-state index contributed by atoms with van der Waals surface area (Å²) in [5, 5.41) is 11.9. The Hall–Kier alpha value is 0.176. The molecule has 1 rings (SSSR count). The van der Waals surface area contributed by atoms with Gasteiger partial charge in [-0.25, -0.2) is 0 Å². The van der Waals surface area contributed by atoms with E-state index in [4.69, 9.17) is 16.9 Å². The molecule has 0 amide bonds. The van der Waals surface area contributed by atoms with E-state index >= 15 is 0 Å². The van der Waals surface area contributed by atoms with E-state index in [9.17, 15) is 0 Å². The van der Waals surface area contributed by atoms with Gasteiger partial charge in [-0.3, -0.25) is 0 Å². The number of nitrogens with zero attached hydrogens (tertiary/aromatic N) is 1. The van der Waals surface area contributed by atoms with Gasteiger partial charge in [0, 0.05) is 10.7 Å². The fourth-order valence-electron chi connectivity index (χ4n) is 0.735. The molecule has 0 atom stereocenters. The van der Waals surface area contributed by atoms with Crippen LogP contribution < -0.4 is 5.32 Å². The first-order valence-electron chi connectivity index (χ1n) is 3.34. The summed E-state index contributed by atoms with van der Waals surface area (Å²) in [6.07, 6.45) is 0. The Balaban J connectivity index is 0.00000144. The van der Waals surface area contributed by atoms with Gasteiger partial charge < -0.3 is 5.32 Å². The Labute approximate surface area is 125 Å². The van der Waals surface area contributed by atoms with Gasteiger partial charge in [0.15, 0.2) is 0 Å². The Morgan fingerprint density at radius 3 is 2.38 bits per heavy atom. The molecule has 13 heavy (non-hydrogen) atoms. The van der Waals surface area contributed by atoms with E-state index in [0.29, 0.717) is 10.7 Å². The van der Waals surface area contributed by atoms with E-state index in [1.54, 1.807) is 24.3 Å². The maximum atomic E-state index is 8.41. The zero-order valence-electron chi connectivity index (χ0n) is 6.34. The third-order valence-electron chi connectivity index (χ3n) is 1.27. The van der Waals surface area contributed by atoms with Crippen molar-refractivity contribution >= 4 is 68.7 Å². The number of allylic oxidation sites excluding steroid dienone is 1. The van der Waals surface area contributed by atoms with Gasteiger partial charge in [-0.1, -0.05) is 18.2 Å². The van der Waals surface area contributed by atoms with Crippen LogP contribution in [0.25, 0.3) is 0 Å². The summed E-state index contributed by atoms with van der Waals surface area (Å²) in [5.74, 6) is 0. The molecule has 0 bridgehead atoms. The molecule has 4 heteroatoms.